The Hall–Kier alpha value is -3.37. The number of fused-ring (bicyclic) bond motifs is 1. The zero-order valence-electron chi connectivity index (χ0n) is 16.4. The lowest BCUT2D eigenvalue weighted by molar-refractivity contribution is -0.192. The molecule has 3 heterocycles. The molecule has 30 heavy (non-hydrogen) atoms. The molecular weight excluding hydrogens is 401 g/mol. The van der Waals surface area contributed by atoms with E-state index in [9.17, 15) is 13.2 Å². The van der Waals surface area contributed by atoms with Crippen LogP contribution in [0.1, 0.15) is 29.5 Å². The van der Waals surface area contributed by atoms with Gasteiger partial charge in [-0.2, -0.15) is 13.2 Å². The fraction of sp³-hybridized carbons (Fsp3) is 0.368. The van der Waals surface area contributed by atoms with Crippen molar-refractivity contribution in [2.24, 2.45) is 0 Å². The van der Waals surface area contributed by atoms with Crippen LogP contribution >= 0.6 is 0 Å². The van der Waals surface area contributed by atoms with Crippen LogP contribution in [0.2, 0.25) is 0 Å². The summed E-state index contributed by atoms with van der Waals surface area (Å²) in [4.78, 5) is 16.7. The Labute approximate surface area is 170 Å². The van der Waals surface area contributed by atoms with E-state index < -0.39 is 12.1 Å². The summed E-state index contributed by atoms with van der Waals surface area (Å²) in [5.41, 5.74) is 4.33. The van der Waals surface area contributed by atoms with Gasteiger partial charge in [0.2, 0.25) is 0 Å². The number of hydrogen-bond acceptors (Lipinski definition) is 5. The first-order valence-electron chi connectivity index (χ1n) is 9.23. The first kappa shape index (κ1) is 21.3. The Morgan fingerprint density at radius 3 is 2.67 bits per heavy atom. The summed E-state index contributed by atoms with van der Waals surface area (Å²) in [5, 5.41) is 19.2. The van der Waals surface area contributed by atoms with Crippen LogP contribution in [-0.2, 0) is 24.3 Å². The van der Waals surface area contributed by atoms with Crippen LogP contribution in [0.25, 0.3) is 11.4 Å². The van der Waals surface area contributed by atoms with Crippen molar-refractivity contribution < 1.29 is 23.1 Å². The van der Waals surface area contributed by atoms with Gasteiger partial charge in [0.15, 0.2) is 5.82 Å². The predicted octanol–water partition coefficient (Wildman–Crippen LogP) is 3.48. The zero-order chi connectivity index (χ0) is 21.9. The number of anilines is 1. The summed E-state index contributed by atoms with van der Waals surface area (Å²) in [6.07, 6.45) is -2.89. The summed E-state index contributed by atoms with van der Waals surface area (Å²) in [6.45, 7) is 5.75. The van der Waals surface area contributed by atoms with E-state index in [-0.39, 0.29) is 0 Å². The van der Waals surface area contributed by atoms with Crippen molar-refractivity contribution in [3.8, 4) is 11.4 Å². The highest BCUT2D eigenvalue weighted by Crippen LogP contribution is 2.25. The smallest absolute Gasteiger partial charge is 0.475 e. The highest BCUT2D eigenvalue weighted by molar-refractivity contribution is 5.73. The topological polar surface area (TPSA) is 109 Å². The van der Waals surface area contributed by atoms with Gasteiger partial charge in [-0.15, -0.1) is 10.2 Å². The number of benzene rings is 1. The van der Waals surface area contributed by atoms with Gasteiger partial charge < -0.3 is 20.0 Å². The molecule has 0 amide bonds. The maximum atomic E-state index is 10.6. The van der Waals surface area contributed by atoms with E-state index in [4.69, 9.17) is 9.90 Å². The lowest BCUT2D eigenvalue weighted by atomic mass is 10.2. The molecule has 0 saturated carbocycles. The van der Waals surface area contributed by atoms with Crippen molar-refractivity contribution in [3.63, 3.8) is 0 Å². The van der Waals surface area contributed by atoms with Crippen LogP contribution in [0, 0.1) is 13.8 Å². The molecule has 1 aliphatic rings. The monoisotopic (exact) mass is 422 g/mol. The van der Waals surface area contributed by atoms with E-state index in [0.29, 0.717) is 6.54 Å². The van der Waals surface area contributed by atoms with Crippen molar-refractivity contribution in [2.45, 2.75) is 46.0 Å². The average molecular weight is 422 g/mol. The number of aliphatic carboxylic acids is 1. The number of hydrogen-bond donors (Lipinski definition) is 3. The molecule has 11 heteroatoms. The number of nitrogens with zero attached hydrogens (tertiary/aromatic N) is 4. The molecule has 160 valence electrons. The summed E-state index contributed by atoms with van der Waals surface area (Å²) >= 11 is 0. The standard InChI is InChI=1S/C17H20N6.C2HF3O2/c1-11-12(2)20-15(19-11)10-18-14-6-3-5-13(9-14)17-22-21-16-7-4-8-23(16)17;3-2(4,5)1(6)7/h3,5-6,9,18H,4,7-8,10H2,1-2H3,(H,19,20);(H,6,7). The van der Waals surface area contributed by atoms with Crippen molar-refractivity contribution in [1.82, 2.24) is 24.7 Å². The van der Waals surface area contributed by atoms with Gasteiger partial charge in [-0.1, -0.05) is 12.1 Å². The summed E-state index contributed by atoms with van der Waals surface area (Å²) in [5.74, 6) is 0.256. The minimum atomic E-state index is -5.08. The Morgan fingerprint density at radius 1 is 1.30 bits per heavy atom. The van der Waals surface area contributed by atoms with Crippen LogP contribution in [0.3, 0.4) is 0 Å². The predicted molar refractivity (Wildman–Crippen MR) is 103 cm³/mol. The highest BCUT2D eigenvalue weighted by Gasteiger charge is 2.38. The van der Waals surface area contributed by atoms with Gasteiger partial charge in [0.1, 0.15) is 11.6 Å². The second-order valence-electron chi connectivity index (χ2n) is 6.83. The van der Waals surface area contributed by atoms with Gasteiger partial charge in [-0.05, 0) is 32.4 Å². The molecule has 1 aliphatic heterocycles. The van der Waals surface area contributed by atoms with Gasteiger partial charge >= 0.3 is 12.1 Å². The first-order chi connectivity index (χ1) is 14.1. The molecule has 0 saturated heterocycles. The molecule has 3 N–H and O–H groups in total. The number of carboxylic acids is 1. The Morgan fingerprint density at radius 2 is 2.03 bits per heavy atom. The molecule has 1 aromatic carbocycles. The quantitative estimate of drug-likeness (QED) is 0.594. The largest absolute Gasteiger partial charge is 0.490 e. The summed E-state index contributed by atoms with van der Waals surface area (Å²) in [7, 11) is 0. The normalized spacial score (nSPS) is 12.8. The number of nitrogens with one attached hydrogen (secondary N) is 2. The third-order valence-corrected chi connectivity index (χ3v) is 4.61. The first-order valence-corrected chi connectivity index (χ1v) is 9.23. The third kappa shape index (κ3) is 4.97. The van der Waals surface area contributed by atoms with Crippen LogP contribution in [0.5, 0.6) is 0 Å². The van der Waals surface area contributed by atoms with Crippen molar-refractivity contribution in [3.05, 3.63) is 47.3 Å². The summed E-state index contributed by atoms with van der Waals surface area (Å²) < 4.78 is 34.0. The summed E-state index contributed by atoms with van der Waals surface area (Å²) in [6, 6.07) is 8.32. The minimum Gasteiger partial charge on any atom is -0.475 e. The Bertz CT molecular complexity index is 1020. The SMILES string of the molecule is Cc1nc(CNc2cccc(-c3nnc4n3CCC4)c2)[nH]c1C.O=C(O)C(F)(F)F. The molecule has 0 unspecified atom stereocenters. The minimum absolute atomic E-state index is 0.677. The van der Waals surface area contributed by atoms with Gasteiger partial charge in [-0.25, -0.2) is 9.78 Å². The molecule has 0 fully saturated rings. The van der Waals surface area contributed by atoms with Crippen molar-refractivity contribution >= 4 is 11.7 Å². The number of alkyl halides is 3. The lowest BCUT2D eigenvalue weighted by Gasteiger charge is -2.07. The average Bonchev–Trinajstić information content (AvgIpc) is 3.37. The number of halogens is 3. The third-order valence-electron chi connectivity index (χ3n) is 4.61. The van der Waals surface area contributed by atoms with Gasteiger partial charge in [0, 0.05) is 29.9 Å². The number of aromatic nitrogens is 5. The fourth-order valence-electron chi connectivity index (χ4n) is 3.02. The second kappa shape index (κ2) is 8.56. The lowest BCUT2D eigenvalue weighted by Crippen LogP contribution is -2.21. The number of imidazole rings is 1. The molecule has 0 spiro atoms. The number of aromatic amines is 1. The maximum absolute atomic E-state index is 10.6. The molecule has 0 aliphatic carbocycles. The fourth-order valence-corrected chi connectivity index (χ4v) is 3.02. The van der Waals surface area contributed by atoms with E-state index in [2.05, 4.69) is 48.2 Å². The van der Waals surface area contributed by atoms with Gasteiger partial charge in [0.25, 0.3) is 0 Å². The van der Waals surface area contributed by atoms with E-state index in [1.54, 1.807) is 0 Å². The Balaban J connectivity index is 0.000000318. The Kier molecular flexibility index (Phi) is 6.09. The van der Waals surface area contributed by atoms with Crippen LogP contribution in [-0.4, -0.2) is 42.0 Å². The van der Waals surface area contributed by atoms with Crippen molar-refractivity contribution in [2.75, 3.05) is 5.32 Å². The maximum Gasteiger partial charge on any atom is 0.490 e. The molecular formula is C19H21F3N6O2. The molecule has 0 radical (unpaired) electrons. The number of carbonyl (C=O) groups is 1. The van der Waals surface area contributed by atoms with Crippen LogP contribution in [0.4, 0.5) is 18.9 Å². The zero-order valence-corrected chi connectivity index (χ0v) is 16.4. The van der Waals surface area contributed by atoms with E-state index in [1.165, 1.54) is 0 Å². The van der Waals surface area contributed by atoms with Gasteiger partial charge in [-0.3, -0.25) is 0 Å². The van der Waals surface area contributed by atoms with E-state index in [1.807, 2.05) is 19.9 Å². The van der Waals surface area contributed by atoms with E-state index >= 15 is 0 Å². The number of aryl methyl sites for hydroxylation is 3. The number of rotatable bonds is 4. The molecule has 3 aromatic rings. The molecule has 8 nitrogen and oxygen atoms in total. The number of carboxylic acid groups (broad SMARTS) is 1. The van der Waals surface area contributed by atoms with Gasteiger partial charge in [0.05, 0.1) is 12.2 Å². The van der Waals surface area contributed by atoms with Crippen molar-refractivity contribution in [1.29, 1.82) is 0 Å². The van der Waals surface area contributed by atoms with E-state index in [0.717, 1.165) is 59.5 Å². The van der Waals surface area contributed by atoms with Crippen LogP contribution < -0.4 is 5.32 Å². The molecule has 2 aromatic heterocycles. The highest BCUT2D eigenvalue weighted by atomic mass is 19.4. The number of H-pyrrole nitrogens is 1. The molecule has 0 atom stereocenters. The molecule has 4 rings (SSSR count). The second-order valence-corrected chi connectivity index (χ2v) is 6.83. The van der Waals surface area contributed by atoms with Crippen LogP contribution in [0.15, 0.2) is 24.3 Å². The molecule has 0 bridgehead atoms.